The summed E-state index contributed by atoms with van der Waals surface area (Å²) in [5, 5.41) is 11.6. The Hall–Kier alpha value is -6.50. The molecule has 4 aromatic rings. The quantitative estimate of drug-likeness (QED) is 0.0683. The fraction of sp³-hybridized carbons (Fsp3) is 0.516. The van der Waals surface area contributed by atoms with E-state index in [4.69, 9.17) is 14.2 Å². The van der Waals surface area contributed by atoms with Crippen LogP contribution in [0.15, 0.2) is 84.9 Å². The van der Waals surface area contributed by atoms with Crippen LogP contribution >= 0.6 is 0 Å². The van der Waals surface area contributed by atoms with Gasteiger partial charge in [-0.1, -0.05) is 101 Å². The summed E-state index contributed by atoms with van der Waals surface area (Å²) in [5.41, 5.74) is 5.96. The van der Waals surface area contributed by atoms with E-state index < -0.39 is 64.0 Å². The van der Waals surface area contributed by atoms with Crippen molar-refractivity contribution in [2.24, 2.45) is 22.7 Å². The van der Waals surface area contributed by atoms with Crippen molar-refractivity contribution in [2.45, 2.75) is 174 Å². The first-order chi connectivity index (χ1) is 35.3. The molecule has 4 N–H and O–H groups in total. The number of rotatable bonds is 10. The number of aryl methyl sites for hydroxylation is 2. The molecule has 5 aliphatic rings. The second-order valence-electron chi connectivity index (χ2n) is 25.0. The molecule has 13 nitrogen and oxygen atoms in total. The van der Waals surface area contributed by atoms with Crippen LogP contribution in [0.3, 0.4) is 0 Å². The summed E-state index contributed by atoms with van der Waals surface area (Å²) in [6, 6.07) is 26.6. The number of fused-ring (bicyclic) bond motifs is 9. The molecule has 0 bridgehead atoms. The summed E-state index contributed by atoms with van der Waals surface area (Å²) < 4.78 is 17.0. The van der Waals surface area contributed by atoms with Crippen LogP contribution in [-0.4, -0.2) is 59.7 Å². The molecule has 0 heterocycles. The Bertz CT molecular complexity index is 2890. The zero-order valence-corrected chi connectivity index (χ0v) is 45.6. The van der Waals surface area contributed by atoms with Gasteiger partial charge in [0, 0.05) is 17.3 Å². The molecule has 7 atom stereocenters. The van der Waals surface area contributed by atoms with Crippen molar-refractivity contribution in [3.05, 3.63) is 118 Å². The molecule has 2 fully saturated rings. The molecule has 0 unspecified atom stereocenters. The number of alkyl carbamates (subject to hydrolysis) is 1. The number of nitrogens with one attached hydrogen (secondary N) is 4. The average molecular weight is 1020 g/mol. The van der Waals surface area contributed by atoms with E-state index in [1.54, 1.807) is 20.8 Å². The molecule has 5 amide bonds. The number of anilines is 2. The van der Waals surface area contributed by atoms with Crippen molar-refractivity contribution < 1.29 is 43.0 Å². The van der Waals surface area contributed by atoms with E-state index in [-0.39, 0.29) is 41.6 Å². The number of carbonyl (C=O) groups is 6. The normalized spacial score (nSPS) is 26.0. The smallest absolute Gasteiger partial charge is 0.412 e. The third-order valence-electron chi connectivity index (χ3n) is 17.6. The molecule has 398 valence electrons. The van der Waals surface area contributed by atoms with Gasteiger partial charge < -0.3 is 24.8 Å². The van der Waals surface area contributed by atoms with Gasteiger partial charge in [-0.15, -0.1) is 0 Å². The predicted octanol–water partition coefficient (Wildman–Crippen LogP) is 12.0. The first-order valence-electron chi connectivity index (χ1n) is 27.1. The van der Waals surface area contributed by atoms with E-state index in [1.807, 2.05) is 95.3 Å². The standard InChI is InChI=1S/C62H76N4O9/c1-57(2,3)74-51(67)35-48(65-55(71)73-36-45-43-19-13-11-17-41(43)42-18-12-14-20-44(42)45)52(68)63-39-25-21-37-23-27-49-59(7,46(37)33-39)29-15-31-61(49,9)53(69)66-54(70)62(10)32-16-30-60(8)47-34-40(64-56(72)75-58(4,5)6)26-22-38(47)24-28-50(60)62/h11-14,17-22,25-26,33-34,45,48-50H,15-16,23-24,27-32,35-36H2,1-10H3,(H,63,68)(H,64,72)(H,65,71)(H,66,69,70)/t48-,49+,50+,59+,60+,61-,62-/m0/s1. The van der Waals surface area contributed by atoms with Crippen LogP contribution in [0.5, 0.6) is 0 Å². The molecule has 13 heteroatoms. The van der Waals surface area contributed by atoms with Crippen molar-refractivity contribution in [1.82, 2.24) is 10.6 Å². The fourth-order valence-electron chi connectivity index (χ4n) is 14.2. The van der Waals surface area contributed by atoms with Crippen molar-refractivity contribution >= 4 is 47.3 Å². The number of hydrogen-bond acceptors (Lipinski definition) is 9. The summed E-state index contributed by atoms with van der Waals surface area (Å²) in [5.74, 6) is -2.07. The maximum atomic E-state index is 15.0. The summed E-state index contributed by atoms with van der Waals surface area (Å²) in [7, 11) is 0. The van der Waals surface area contributed by atoms with Gasteiger partial charge in [0.2, 0.25) is 17.7 Å². The number of esters is 1. The van der Waals surface area contributed by atoms with Crippen molar-refractivity contribution in [1.29, 1.82) is 0 Å². The Morgan fingerprint density at radius 1 is 0.600 bits per heavy atom. The second kappa shape index (κ2) is 19.9. The van der Waals surface area contributed by atoms with E-state index in [1.165, 1.54) is 5.56 Å². The van der Waals surface area contributed by atoms with E-state index in [2.05, 4.69) is 59.4 Å². The molecule has 2 saturated carbocycles. The number of benzene rings is 4. The third kappa shape index (κ3) is 10.4. The van der Waals surface area contributed by atoms with Gasteiger partial charge in [0.15, 0.2) is 0 Å². The van der Waals surface area contributed by atoms with Gasteiger partial charge >= 0.3 is 18.2 Å². The highest BCUT2D eigenvalue weighted by atomic mass is 16.6. The van der Waals surface area contributed by atoms with Crippen molar-refractivity contribution in [3.63, 3.8) is 0 Å². The van der Waals surface area contributed by atoms with Crippen LogP contribution in [0.1, 0.15) is 166 Å². The Labute approximate surface area is 442 Å². The number of amides is 5. The molecule has 0 radical (unpaired) electrons. The zero-order valence-electron chi connectivity index (χ0n) is 45.6. The lowest BCUT2D eigenvalue weighted by molar-refractivity contribution is -0.156. The summed E-state index contributed by atoms with van der Waals surface area (Å²) in [6.07, 6.45) is 5.85. The fourth-order valence-corrected chi connectivity index (χ4v) is 14.2. The lowest BCUT2D eigenvalue weighted by Crippen LogP contribution is -2.60. The van der Waals surface area contributed by atoms with E-state index in [0.29, 0.717) is 30.6 Å². The molecular weight excluding hydrogens is 945 g/mol. The van der Waals surface area contributed by atoms with Gasteiger partial charge in [0.25, 0.3) is 0 Å². The number of ether oxygens (including phenoxy) is 3. The molecule has 5 aliphatic carbocycles. The minimum atomic E-state index is -1.32. The minimum Gasteiger partial charge on any atom is -0.460 e. The highest BCUT2D eigenvalue weighted by Crippen LogP contribution is 2.60. The molecule has 75 heavy (non-hydrogen) atoms. The molecule has 0 aromatic heterocycles. The third-order valence-corrected chi connectivity index (χ3v) is 17.6. The Balaban J connectivity index is 0.896. The first-order valence-corrected chi connectivity index (χ1v) is 27.1. The van der Waals surface area contributed by atoms with Gasteiger partial charge in [-0.3, -0.25) is 29.8 Å². The van der Waals surface area contributed by atoms with Crippen molar-refractivity contribution in [3.8, 4) is 11.1 Å². The Morgan fingerprint density at radius 2 is 1.08 bits per heavy atom. The SMILES string of the molecule is CC(C)(C)OC(=O)C[C@H](NC(=O)OCC1c2ccccc2-c2ccccc21)C(=O)Nc1ccc2c(c1)[C@@]1(C)CCC[C@](C)(C(=O)NC(=O)[C@@]3(C)CCC[C@]4(C)c5cc(NC(=O)OC(C)(C)C)ccc5CC[C@@H]34)[C@@H]1CC2. The summed E-state index contributed by atoms with van der Waals surface area (Å²) in [4.78, 5) is 83.8. The van der Waals surface area contributed by atoms with Gasteiger partial charge in [-0.25, -0.2) is 9.59 Å². The van der Waals surface area contributed by atoms with Gasteiger partial charge in [0.1, 0.15) is 23.9 Å². The number of imide groups is 1. The largest absolute Gasteiger partial charge is 0.460 e. The maximum absolute atomic E-state index is 15.0. The highest BCUT2D eigenvalue weighted by molar-refractivity contribution is 6.01. The number of carbonyl (C=O) groups excluding carboxylic acids is 6. The monoisotopic (exact) mass is 1020 g/mol. The van der Waals surface area contributed by atoms with Crippen LogP contribution in [0.4, 0.5) is 21.0 Å². The molecular formula is C62H76N4O9. The first kappa shape index (κ1) is 53.3. The Kier molecular flexibility index (Phi) is 14.1. The van der Waals surface area contributed by atoms with E-state index in [9.17, 15) is 28.8 Å². The van der Waals surface area contributed by atoms with E-state index >= 15 is 0 Å². The molecule has 4 aromatic carbocycles. The highest BCUT2D eigenvalue weighted by Gasteiger charge is 2.58. The van der Waals surface area contributed by atoms with Gasteiger partial charge in [-0.05, 0) is 184 Å². The average Bonchev–Trinajstić information content (AvgIpc) is 3.65. The predicted molar refractivity (Wildman–Crippen MR) is 289 cm³/mol. The second-order valence-corrected chi connectivity index (χ2v) is 25.0. The molecule has 0 spiro atoms. The van der Waals surface area contributed by atoms with Crippen LogP contribution < -0.4 is 21.3 Å². The lowest BCUT2D eigenvalue weighted by atomic mass is 9.49. The lowest BCUT2D eigenvalue weighted by Gasteiger charge is -2.56. The summed E-state index contributed by atoms with van der Waals surface area (Å²) >= 11 is 0. The minimum absolute atomic E-state index is 0.0311. The molecule has 0 aliphatic heterocycles. The molecule has 9 rings (SSSR count). The number of hydrogen-bond donors (Lipinski definition) is 4. The van der Waals surface area contributed by atoms with Crippen LogP contribution in [-0.2, 0) is 57.1 Å². The van der Waals surface area contributed by atoms with Gasteiger partial charge in [-0.2, -0.15) is 0 Å². The Morgan fingerprint density at radius 3 is 1.57 bits per heavy atom. The van der Waals surface area contributed by atoms with Crippen LogP contribution in [0.25, 0.3) is 11.1 Å². The van der Waals surface area contributed by atoms with Gasteiger partial charge in [0.05, 0.1) is 17.3 Å². The maximum Gasteiger partial charge on any atom is 0.412 e. The molecule has 0 saturated heterocycles. The topological polar surface area (TPSA) is 178 Å². The van der Waals surface area contributed by atoms with E-state index in [0.717, 1.165) is 83.9 Å². The van der Waals surface area contributed by atoms with Crippen molar-refractivity contribution in [2.75, 3.05) is 17.2 Å². The van der Waals surface area contributed by atoms with Crippen LogP contribution in [0.2, 0.25) is 0 Å². The summed E-state index contributed by atoms with van der Waals surface area (Å²) in [6.45, 7) is 19.3. The zero-order chi connectivity index (χ0) is 53.9. The van der Waals surface area contributed by atoms with Crippen LogP contribution in [0, 0.1) is 22.7 Å².